The number of methoxy groups -OCH3 is 1. The van der Waals surface area contributed by atoms with E-state index in [1.165, 1.54) is 23.5 Å². The third kappa shape index (κ3) is 6.68. The van der Waals surface area contributed by atoms with Gasteiger partial charge in [-0.05, 0) is 54.8 Å². The van der Waals surface area contributed by atoms with E-state index in [0.717, 1.165) is 24.1 Å². The maximum Gasteiger partial charge on any atom is 0.250 e. The van der Waals surface area contributed by atoms with E-state index >= 15 is 0 Å². The minimum absolute atomic E-state index is 0.0704. The largest absolute Gasteiger partial charge is 0.377 e. The van der Waals surface area contributed by atoms with Crippen LogP contribution in [0.5, 0.6) is 0 Å². The maximum atomic E-state index is 13.6. The summed E-state index contributed by atoms with van der Waals surface area (Å²) in [6.07, 6.45) is 1.53. The molecule has 1 atom stereocenters. The molecule has 10 heteroatoms. The lowest BCUT2D eigenvalue weighted by atomic mass is 10.1. The summed E-state index contributed by atoms with van der Waals surface area (Å²) in [4.78, 5) is 14.0. The second-order valence-electron chi connectivity index (χ2n) is 8.11. The predicted molar refractivity (Wildman–Crippen MR) is 129 cm³/mol. The molecule has 1 amide bonds. The van der Waals surface area contributed by atoms with E-state index in [4.69, 9.17) is 21.1 Å². The lowest BCUT2D eigenvalue weighted by molar-refractivity contribution is -0.119. The molecule has 33 heavy (non-hydrogen) atoms. The normalized spacial score (nSPS) is 16.2. The van der Waals surface area contributed by atoms with Crippen LogP contribution in [0.25, 0.3) is 0 Å². The van der Waals surface area contributed by atoms with Gasteiger partial charge in [0.25, 0.3) is 0 Å². The smallest absolute Gasteiger partial charge is 0.250 e. The Kier molecular flexibility index (Phi) is 8.72. The van der Waals surface area contributed by atoms with Gasteiger partial charge in [-0.25, -0.2) is 8.42 Å². The summed E-state index contributed by atoms with van der Waals surface area (Å²) < 4.78 is 39.3. The molecule has 1 fully saturated rings. The summed E-state index contributed by atoms with van der Waals surface area (Å²) in [5.41, 5.74) is 2.16. The third-order valence-electron chi connectivity index (χ3n) is 5.33. The maximum absolute atomic E-state index is 13.6. The van der Waals surface area contributed by atoms with E-state index in [1.54, 1.807) is 24.3 Å². The van der Waals surface area contributed by atoms with Crippen molar-refractivity contribution in [1.29, 1.82) is 0 Å². The number of rotatable bonds is 10. The first kappa shape index (κ1) is 25.5. The lowest BCUT2D eigenvalue weighted by Gasteiger charge is -2.27. The Morgan fingerprint density at radius 2 is 2.03 bits per heavy atom. The fourth-order valence-electron chi connectivity index (χ4n) is 3.78. The molecule has 2 aromatic carbocycles. The van der Waals surface area contributed by atoms with Crippen molar-refractivity contribution in [1.82, 2.24) is 4.31 Å². The minimum atomic E-state index is -3.85. The van der Waals surface area contributed by atoms with Crippen LogP contribution in [0.1, 0.15) is 18.4 Å². The molecule has 0 saturated carbocycles. The molecule has 1 heterocycles. The molecule has 3 rings (SSSR count). The third-order valence-corrected chi connectivity index (χ3v) is 7.38. The highest BCUT2D eigenvalue weighted by Gasteiger charge is 2.30. The Balaban J connectivity index is 1.98. The van der Waals surface area contributed by atoms with Crippen LogP contribution < -0.4 is 10.2 Å². The molecule has 0 aliphatic carbocycles. The average Bonchev–Trinajstić information content (AvgIpc) is 3.26. The molecule has 1 aliphatic rings. The highest BCUT2D eigenvalue weighted by atomic mass is 35.5. The van der Waals surface area contributed by atoms with Gasteiger partial charge in [0.1, 0.15) is 6.61 Å². The van der Waals surface area contributed by atoms with Crippen molar-refractivity contribution in [3.8, 4) is 0 Å². The van der Waals surface area contributed by atoms with Crippen LogP contribution in [0.15, 0.2) is 47.4 Å². The van der Waals surface area contributed by atoms with Crippen LogP contribution in [0, 0.1) is 0 Å². The Hall–Kier alpha value is -2.17. The van der Waals surface area contributed by atoms with E-state index in [-0.39, 0.29) is 36.6 Å². The Labute approximate surface area is 200 Å². The number of hydrogen-bond donors (Lipinski definition) is 1. The molecule has 0 aromatic heterocycles. The van der Waals surface area contributed by atoms with Gasteiger partial charge >= 0.3 is 0 Å². The van der Waals surface area contributed by atoms with E-state index in [1.807, 2.05) is 25.1 Å². The quantitative estimate of drug-likeness (QED) is 0.543. The zero-order valence-corrected chi connectivity index (χ0v) is 20.7. The van der Waals surface area contributed by atoms with Gasteiger partial charge in [-0.15, -0.1) is 0 Å². The van der Waals surface area contributed by atoms with E-state index in [0.29, 0.717) is 17.3 Å². The van der Waals surface area contributed by atoms with Crippen molar-refractivity contribution in [2.75, 3.05) is 51.2 Å². The second kappa shape index (κ2) is 11.3. The van der Waals surface area contributed by atoms with Crippen molar-refractivity contribution >= 4 is 38.9 Å². The monoisotopic (exact) mass is 495 g/mol. The van der Waals surface area contributed by atoms with Crippen LogP contribution in [0.2, 0.25) is 5.02 Å². The second-order valence-corrected chi connectivity index (χ2v) is 10.5. The molecule has 0 bridgehead atoms. The molecule has 180 valence electrons. The fraction of sp³-hybridized carbons (Fsp3) is 0.435. The molecular formula is C23H30ClN3O5S. The summed E-state index contributed by atoms with van der Waals surface area (Å²) in [5, 5.41) is 3.13. The first-order chi connectivity index (χ1) is 15.7. The predicted octanol–water partition coefficient (Wildman–Crippen LogP) is 3.36. The van der Waals surface area contributed by atoms with Crippen molar-refractivity contribution in [2.45, 2.75) is 30.4 Å². The number of sulfonamides is 1. The van der Waals surface area contributed by atoms with Gasteiger partial charge in [0.05, 0.1) is 11.0 Å². The number of carbonyl (C=O) groups is 1. The lowest BCUT2D eigenvalue weighted by Crippen LogP contribution is -2.37. The van der Waals surface area contributed by atoms with Crippen LogP contribution in [0.4, 0.5) is 11.4 Å². The zero-order valence-electron chi connectivity index (χ0n) is 19.1. The first-order valence-electron chi connectivity index (χ1n) is 10.7. The van der Waals surface area contributed by atoms with Crippen molar-refractivity contribution in [3.63, 3.8) is 0 Å². The molecule has 1 saturated heterocycles. The van der Waals surface area contributed by atoms with Crippen LogP contribution in [0.3, 0.4) is 0 Å². The summed E-state index contributed by atoms with van der Waals surface area (Å²) >= 11 is 6.08. The summed E-state index contributed by atoms with van der Waals surface area (Å²) in [5.74, 6) is -0.288. The van der Waals surface area contributed by atoms with Gasteiger partial charge in [0.2, 0.25) is 15.9 Å². The number of hydrogen-bond acceptors (Lipinski definition) is 6. The molecule has 0 radical (unpaired) electrons. The van der Waals surface area contributed by atoms with Gasteiger partial charge in [0, 0.05) is 57.3 Å². The zero-order chi connectivity index (χ0) is 24.0. The molecule has 0 unspecified atom stereocenters. The number of amides is 1. The number of ether oxygens (including phenoxy) is 2. The molecular weight excluding hydrogens is 466 g/mol. The number of benzene rings is 2. The highest BCUT2D eigenvalue weighted by Crippen LogP contribution is 2.29. The van der Waals surface area contributed by atoms with Gasteiger partial charge in [-0.1, -0.05) is 17.7 Å². The van der Waals surface area contributed by atoms with Crippen LogP contribution in [-0.2, 0) is 30.8 Å². The number of halogens is 1. The SMILES string of the molecule is COCC(=O)Nc1ccc(N(C)C)c(CN(C[C@H]2CCCO2)S(=O)(=O)c2cccc(Cl)c2)c1. The van der Waals surface area contributed by atoms with Gasteiger partial charge < -0.3 is 19.7 Å². The fourth-order valence-corrected chi connectivity index (χ4v) is 5.54. The van der Waals surface area contributed by atoms with Crippen molar-refractivity contribution < 1.29 is 22.7 Å². The Bertz CT molecular complexity index is 1070. The van der Waals surface area contributed by atoms with Crippen LogP contribution >= 0.6 is 11.6 Å². The van der Waals surface area contributed by atoms with Crippen molar-refractivity contribution in [3.05, 3.63) is 53.1 Å². The highest BCUT2D eigenvalue weighted by molar-refractivity contribution is 7.89. The summed E-state index contributed by atoms with van der Waals surface area (Å²) in [7, 11) is 1.37. The molecule has 0 spiro atoms. The summed E-state index contributed by atoms with van der Waals surface area (Å²) in [6, 6.07) is 11.7. The molecule has 1 aliphatic heterocycles. The van der Waals surface area contributed by atoms with E-state index in [9.17, 15) is 13.2 Å². The number of nitrogens with zero attached hydrogens (tertiary/aromatic N) is 2. The average molecular weight is 496 g/mol. The Morgan fingerprint density at radius 1 is 1.24 bits per heavy atom. The van der Waals surface area contributed by atoms with E-state index < -0.39 is 10.0 Å². The van der Waals surface area contributed by atoms with Crippen molar-refractivity contribution in [2.24, 2.45) is 0 Å². The van der Waals surface area contributed by atoms with Gasteiger partial charge in [-0.2, -0.15) is 4.31 Å². The number of carbonyl (C=O) groups excluding carboxylic acids is 1. The molecule has 1 N–H and O–H groups in total. The number of nitrogens with one attached hydrogen (secondary N) is 1. The van der Waals surface area contributed by atoms with Gasteiger partial charge in [0.15, 0.2) is 0 Å². The topological polar surface area (TPSA) is 88.2 Å². The number of anilines is 2. The molecule has 2 aromatic rings. The van der Waals surface area contributed by atoms with E-state index in [2.05, 4.69) is 5.32 Å². The van der Waals surface area contributed by atoms with Gasteiger partial charge in [-0.3, -0.25) is 4.79 Å². The van der Waals surface area contributed by atoms with Crippen LogP contribution in [-0.4, -0.2) is 65.7 Å². The minimum Gasteiger partial charge on any atom is -0.377 e. The first-order valence-corrected chi connectivity index (χ1v) is 12.5. The summed E-state index contributed by atoms with van der Waals surface area (Å²) in [6.45, 7) is 0.886. The standard InChI is InChI=1S/C23H30ClN3O5S/c1-26(2)22-10-9-19(25-23(28)16-31-3)12-17(22)14-27(15-20-7-5-11-32-20)33(29,30)21-8-4-6-18(24)13-21/h4,6,8-10,12-13,20H,5,7,11,14-16H2,1-3H3,(H,25,28)/t20-/m1/s1. The Morgan fingerprint density at radius 3 is 2.67 bits per heavy atom. The molecule has 8 nitrogen and oxygen atoms in total.